The second-order valence-electron chi connectivity index (χ2n) is 8.40. The molecule has 2 aliphatic rings. The number of nitrogens with one attached hydrogen (secondary N) is 3. The van der Waals surface area contributed by atoms with Gasteiger partial charge in [0, 0.05) is 53.0 Å². The second-order valence-corrected chi connectivity index (χ2v) is 8.40. The van der Waals surface area contributed by atoms with E-state index in [-0.39, 0.29) is 17.2 Å². The lowest BCUT2D eigenvalue weighted by Gasteiger charge is -2.31. The molecule has 0 spiro atoms. The normalized spacial score (nSPS) is 18.7. The summed E-state index contributed by atoms with van der Waals surface area (Å²) < 4.78 is 0. The summed E-state index contributed by atoms with van der Waals surface area (Å²) in [5, 5.41) is 9.55. The van der Waals surface area contributed by atoms with Crippen LogP contribution in [0.15, 0.2) is 29.3 Å². The molecule has 30 heavy (non-hydrogen) atoms. The first-order chi connectivity index (χ1) is 14.4. The van der Waals surface area contributed by atoms with Gasteiger partial charge < -0.3 is 25.8 Å². The van der Waals surface area contributed by atoms with Crippen molar-refractivity contribution in [2.75, 3.05) is 52.2 Å². The average Bonchev–Trinajstić information content (AvgIpc) is 3.23. The molecule has 0 aromatic heterocycles. The lowest BCUT2D eigenvalue weighted by Crippen LogP contribution is -2.49. The van der Waals surface area contributed by atoms with Crippen LogP contribution in [0.4, 0.5) is 5.69 Å². The van der Waals surface area contributed by atoms with Crippen LogP contribution in [0, 0.1) is 5.41 Å². The van der Waals surface area contributed by atoms with Gasteiger partial charge in [0.2, 0.25) is 11.8 Å². The Balaban J connectivity index is 1.52. The standard InChI is InChI=1S/C22H34N6O2/c1-23-21(26-16-22(10-4-5-11-22)20(30)27(2)3)25-14-17-6-8-18(9-7-17)28-13-12-24-19(29)15-28/h6-9H,4-5,10-16H2,1-3H3,(H,24,29)(H2,23,25,26). The molecule has 2 fully saturated rings. The van der Waals surface area contributed by atoms with Crippen LogP contribution < -0.4 is 20.9 Å². The summed E-state index contributed by atoms with van der Waals surface area (Å²) in [6.45, 7) is 3.14. The molecular formula is C22H34N6O2. The summed E-state index contributed by atoms with van der Waals surface area (Å²) in [7, 11) is 5.40. The van der Waals surface area contributed by atoms with Gasteiger partial charge in [-0.25, -0.2) is 0 Å². The van der Waals surface area contributed by atoms with E-state index in [1.165, 1.54) is 0 Å². The summed E-state index contributed by atoms with van der Waals surface area (Å²) in [5.41, 5.74) is 1.85. The number of guanidine groups is 1. The molecule has 0 unspecified atom stereocenters. The summed E-state index contributed by atoms with van der Waals surface area (Å²) in [5.74, 6) is 0.962. The highest BCUT2D eigenvalue weighted by Crippen LogP contribution is 2.38. The van der Waals surface area contributed by atoms with Gasteiger partial charge in [-0.3, -0.25) is 14.6 Å². The zero-order chi connectivity index (χ0) is 21.6. The summed E-state index contributed by atoms with van der Waals surface area (Å²) in [6, 6.07) is 8.23. The number of amides is 2. The molecule has 0 radical (unpaired) electrons. The SMILES string of the molecule is CN=C(NCc1ccc(N2CCNC(=O)C2)cc1)NCC1(C(=O)N(C)C)CCCC1. The molecule has 1 saturated heterocycles. The van der Waals surface area contributed by atoms with Crippen molar-refractivity contribution in [3.05, 3.63) is 29.8 Å². The van der Waals surface area contributed by atoms with Crippen LogP contribution in [0.3, 0.4) is 0 Å². The first kappa shape index (κ1) is 21.9. The van der Waals surface area contributed by atoms with E-state index in [1.54, 1.807) is 11.9 Å². The molecule has 1 aromatic carbocycles. The molecule has 2 amide bonds. The van der Waals surface area contributed by atoms with Gasteiger partial charge in [-0.15, -0.1) is 0 Å². The van der Waals surface area contributed by atoms with E-state index in [0.717, 1.165) is 43.5 Å². The largest absolute Gasteiger partial charge is 0.360 e. The van der Waals surface area contributed by atoms with Crippen molar-refractivity contribution in [1.82, 2.24) is 20.9 Å². The Morgan fingerprint density at radius 2 is 1.90 bits per heavy atom. The Labute approximate surface area is 179 Å². The molecule has 1 saturated carbocycles. The lowest BCUT2D eigenvalue weighted by molar-refractivity contribution is -0.138. The van der Waals surface area contributed by atoms with Gasteiger partial charge in [-0.1, -0.05) is 25.0 Å². The third-order valence-electron chi connectivity index (χ3n) is 6.04. The van der Waals surface area contributed by atoms with Crippen LogP contribution >= 0.6 is 0 Å². The fourth-order valence-electron chi connectivity index (χ4n) is 4.34. The molecular weight excluding hydrogens is 380 g/mol. The fourth-order valence-corrected chi connectivity index (χ4v) is 4.34. The van der Waals surface area contributed by atoms with E-state index >= 15 is 0 Å². The minimum Gasteiger partial charge on any atom is -0.360 e. The minimum absolute atomic E-state index is 0.0645. The van der Waals surface area contributed by atoms with E-state index in [2.05, 4.69) is 50.1 Å². The van der Waals surface area contributed by atoms with Gasteiger partial charge >= 0.3 is 0 Å². The first-order valence-corrected chi connectivity index (χ1v) is 10.7. The number of anilines is 1. The Hall–Kier alpha value is -2.77. The summed E-state index contributed by atoms with van der Waals surface area (Å²) >= 11 is 0. The first-order valence-electron chi connectivity index (χ1n) is 10.7. The lowest BCUT2D eigenvalue weighted by atomic mass is 9.84. The van der Waals surface area contributed by atoms with Gasteiger partial charge in [0.15, 0.2) is 5.96 Å². The van der Waals surface area contributed by atoms with Crippen LogP contribution in [0.2, 0.25) is 0 Å². The topological polar surface area (TPSA) is 89.1 Å². The van der Waals surface area contributed by atoms with Crippen molar-refractivity contribution in [2.45, 2.75) is 32.2 Å². The van der Waals surface area contributed by atoms with Gasteiger partial charge in [-0.2, -0.15) is 0 Å². The van der Waals surface area contributed by atoms with E-state index in [0.29, 0.717) is 32.1 Å². The van der Waals surface area contributed by atoms with Crippen LogP contribution in [-0.4, -0.2) is 70.0 Å². The van der Waals surface area contributed by atoms with Crippen molar-refractivity contribution in [3.63, 3.8) is 0 Å². The quantitative estimate of drug-likeness (QED) is 0.476. The summed E-state index contributed by atoms with van der Waals surface area (Å²) in [4.78, 5) is 32.4. The third kappa shape index (κ3) is 5.23. The molecule has 8 heteroatoms. The van der Waals surface area contributed by atoms with Gasteiger partial charge in [0.05, 0.1) is 12.0 Å². The van der Waals surface area contributed by atoms with Crippen molar-refractivity contribution in [3.8, 4) is 0 Å². The fraction of sp³-hybridized carbons (Fsp3) is 0.591. The van der Waals surface area contributed by atoms with Gasteiger partial charge in [0.1, 0.15) is 0 Å². The van der Waals surface area contributed by atoms with Gasteiger partial charge in [0.25, 0.3) is 0 Å². The van der Waals surface area contributed by atoms with E-state index in [1.807, 2.05) is 14.1 Å². The molecule has 1 aromatic rings. The van der Waals surface area contributed by atoms with Crippen molar-refractivity contribution >= 4 is 23.5 Å². The molecule has 0 atom stereocenters. The highest BCUT2D eigenvalue weighted by atomic mass is 16.2. The Kier molecular flexibility index (Phi) is 7.18. The number of piperazine rings is 1. The van der Waals surface area contributed by atoms with E-state index in [9.17, 15) is 9.59 Å². The Bertz CT molecular complexity index is 768. The molecule has 3 N–H and O–H groups in total. The molecule has 1 aliphatic carbocycles. The van der Waals surface area contributed by atoms with Crippen molar-refractivity contribution < 1.29 is 9.59 Å². The Morgan fingerprint density at radius 1 is 1.20 bits per heavy atom. The number of hydrogen-bond donors (Lipinski definition) is 3. The Morgan fingerprint density at radius 3 is 2.50 bits per heavy atom. The van der Waals surface area contributed by atoms with E-state index < -0.39 is 0 Å². The monoisotopic (exact) mass is 414 g/mol. The second kappa shape index (κ2) is 9.82. The average molecular weight is 415 g/mol. The molecule has 164 valence electrons. The maximum absolute atomic E-state index is 12.7. The number of carbonyl (C=O) groups excluding carboxylic acids is 2. The summed E-state index contributed by atoms with van der Waals surface area (Å²) in [6.07, 6.45) is 4.03. The number of rotatable bonds is 6. The zero-order valence-corrected chi connectivity index (χ0v) is 18.3. The smallest absolute Gasteiger partial charge is 0.239 e. The molecule has 3 rings (SSSR count). The number of nitrogens with zero attached hydrogens (tertiary/aromatic N) is 3. The zero-order valence-electron chi connectivity index (χ0n) is 18.3. The number of benzene rings is 1. The van der Waals surface area contributed by atoms with Crippen molar-refractivity contribution in [1.29, 1.82) is 0 Å². The van der Waals surface area contributed by atoms with Gasteiger partial charge in [-0.05, 0) is 30.5 Å². The molecule has 1 aliphatic heterocycles. The third-order valence-corrected chi connectivity index (χ3v) is 6.04. The minimum atomic E-state index is -0.330. The number of aliphatic imine (C=N–C) groups is 1. The number of carbonyl (C=O) groups is 2. The van der Waals surface area contributed by atoms with Crippen LogP contribution in [0.25, 0.3) is 0 Å². The highest BCUT2D eigenvalue weighted by molar-refractivity contribution is 5.85. The molecule has 1 heterocycles. The van der Waals surface area contributed by atoms with Crippen LogP contribution in [0.5, 0.6) is 0 Å². The van der Waals surface area contributed by atoms with Crippen LogP contribution in [-0.2, 0) is 16.1 Å². The van der Waals surface area contributed by atoms with E-state index in [4.69, 9.17) is 0 Å². The van der Waals surface area contributed by atoms with Crippen LogP contribution in [0.1, 0.15) is 31.2 Å². The molecule has 8 nitrogen and oxygen atoms in total. The maximum atomic E-state index is 12.7. The number of hydrogen-bond acceptors (Lipinski definition) is 4. The maximum Gasteiger partial charge on any atom is 0.239 e. The van der Waals surface area contributed by atoms with Crippen molar-refractivity contribution in [2.24, 2.45) is 10.4 Å². The predicted octanol–water partition coefficient (Wildman–Crippen LogP) is 0.936. The highest BCUT2D eigenvalue weighted by Gasteiger charge is 2.42. The molecule has 0 bridgehead atoms. The predicted molar refractivity (Wildman–Crippen MR) is 119 cm³/mol.